The quantitative estimate of drug-likeness (QED) is 0.658. The van der Waals surface area contributed by atoms with Gasteiger partial charge < -0.3 is 10.0 Å². The Morgan fingerprint density at radius 1 is 1.55 bits per heavy atom. The van der Waals surface area contributed by atoms with Gasteiger partial charge in [0.05, 0.1) is 18.4 Å². The highest BCUT2D eigenvalue weighted by molar-refractivity contribution is 7.98. The first-order valence-corrected chi connectivity index (χ1v) is 9.90. The average Bonchev–Trinajstić information content (AvgIpc) is 2.91. The predicted molar refractivity (Wildman–Crippen MR) is 81.2 cm³/mol. The van der Waals surface area contributed by atoms with Gasteiger partial charge in [-0.3, -0.25) is 4.79 Å². The number of rotatable bonds is 8. The highest BCUT2D eigenvalue weighted by Gasteiger charge is 2.33. The lowest BCUT2D eigenvalue weighted by Crippen LogP contribution is -2.51. The molecule has 2 atom stereocenters. The van der Waals surface area contributed by atoms with E-state index in [1.807, 2.05) is 6.26 Å². The molecule has 1 amide bonds. The number of sulfonamides is 1. The molecule has 1 fully saturated rings. The zero-order chi connectivity index (χ0) is 15.2. The Hall–Kier alpha value is -0.310. The average molecular weight is 324 g/mol. The van der Waals surface area contributed by atoms with E-state index in [1.165, 1.54) is 0 Å². The van der Waals surface area contributed by atoms with Gasteiger partial charge in [0.15, 0.2) is 0 Å². The highest BCUT2D eigenvalue weighted by Crippen LogP contribution is 2.19. The maximum absolute atomic E-state index is 12.5. The van der Waals surface area contributed by atoms with E-state index >= 15 is 0 Å². The molecule has 0 aromatic heterocycles. The van der Waals surface area contributed by atoms with Crippen LogP contribution in [0, 0.1) is 0 Å². The van der Waals surface area contributed by atoms with Crippen LogP contribution in [0.25, 0.3) is 0 Å². The second-order valence-electron chi connectivity index (χ2n) is 4.87. The zero-order valence-corrected chi connectivity index (χ0v) is 13.7. The Balaban J connectivity index is 2.78. The molecule has 0 spiro atoms. The smallest absolute Gasteiger partial charge is 0.241 e. The van der Waals surface area contributed by atoms with Crippen LogP contribution in [0.3, 0.4) is 0 Å². The number of aliphatic hydroxyl groups excluding tert-OH is 1. The van der Waals surface area contributed by atoms with Crippen LogP contribution in [0.4, 0.5) is 0 Å². The highest BCUT2D eigenvalue weighted by atomic mass is 32.2. The largest absolute Gasteiger partial charge is 0.394 e. The first-order chi connectivity index (χ1) is 9.45. The molecule has 1 aliphatic rings. The summed E-state index contributed by atoms with van der Waals surface area (Å²) in [6.07, 6.45) is 4.01. The Bertz CT molecular complexity index is 414. The van der Waals surface area contributed by atoms with E-state index in [2.05, 4.69) is 4.72 Å². The van der Waals surface area contributed by atoms with Crippen molar-refractivity contribution in [3.63, 3.8) is 0 Å². The summed E-state index contributed by atoms with van der Waals surface area (Å²) in [5.41, 5.74) is 0. The lowest BCUT2D eigenvalue weighted by Gasteiger charge is -2.28. The van der Waals surface area contributed by atoms with E-state index in [-0.39, 0.29) is 24.3 Å². The molecule has 1 rings (SSSR count). The molecule has 8 heteroatoms. The monoisotopic (exact) mass is 324 g/mol. The van der Waals surface area contributed by atoms with E-state index in [0.29, 0.717) is 18.7 Å². The van der Waals surface area contributed by atoms with Crippen LogP contribution < -0.4 is 4.72 Å². The van der Waals surface area contributed by atoms with Crippen molar-refractivity contribution in [2.75, 3.05) is 30.9 Å². The van der Waals surface area contributed by atoms with Crippen LogP contribution in [0.15, 0.2) is 0 Å². The molecule has 1 heterocycles. The van der Waals surface area contributed by atoms with Crippen molar-refractivity contribution in [3.8, 4) is 0 Å². The van der Waals surface area contributed by atoms with Crippen molar-refractivity contribution in [1.82, 2.24) is 9.62 Å². The summed E-state index contributed by atoms with van der Waals surface area (Å²) in [5.74, 6) is 0.451. The molecular weight excluding hydrogens is 300 g/mol. The van der Waals surface area contributed by atoms with Gasteiger partial charge in [0.2, 0.25) is 15.9 Å². The van der Waals surface area contributed by atoms with E-state index in [1.54, 1.807) is 23.6 Å². The summed E-state index contributed by atoms with van der Waals surface area (Å²) in [6, 6.07) is -0.898. The van der Waals surface area contributed by atoms with Crippen molar-refractivity contribution in [2.24, 2.45) is 0 Å². The van der Waals surface area contributed by atoms with Crippen LogP contribution in [0.5, 0.6) is 0 Å². The molecule has 0 aromatic rings. The third-order valence-electron chi connectivity index (χ3n) is 3.48. The summed E-state index contributed by atoms with van der Waals surface area (Å²) < 4.78 is 25.9. The third kappa shape index (κ3) is 4.91. The molecule has 0 radical (unpaired) electrons. The lowest BCUT2D eigenvalue weighted by molar-refractivity contribution is -0.134. The fourth-order valence-corrected chi connectivity index (χ4v) is 3.57. The summed E-state index contributed by atoms with van der Waals surface area (Å²) in [6.45, 7) is 2.07. The zero-order valence-electron chi connectivity index (χ0n) is 12.0. The number of carbonyl (C=O) groups is 1. The maximum Gasteiger partial charge on any atom is 0.241 e. The maximum atomic E-state index is 12.5. The Kier molecular flexibility index (Phi) is 7.28. The lowest BCUT2D eigenvalue weighted by atomic mass is 10.2. The second-order valence-corrected chi connectivity index (χ2v) is 7.89. The number of hydrogen-bond acceptors (Lipinski definition) is 5. The number of thioether (sulfide) groups is 1. The topological polar surface area (TPSA) is 86.7 Å². The molecule has 0 bridgehead atoms. The molecule has 0 saturated carbocycles. The van der Waals surface area contributed by atoms with E-state index < -0.39 is 16.1 Å². The van der Waals surface area contributed by atoms with Gasteiger partial charge in [-0.1, -0.05) is 0 Å². The summed E-state index contributed by atoms with van der Waals surface area (Å²) in [5, 5.41) is 9.29. The second kappa shape index (κ2) is 8.21. The van der Waals surface area contributed by atoms with Crippen LogP contribution in [0.1, 0.15) is 26.2 Å². The van der Waals surface area contributed by atoms with Crippen molar-refractivity contribution >= 4 is 27.7 Å². The third-order valence-corrected chi connectivity index (χ3v) is 5.53. The number of hydrogen-bond donors (Lipinski definition) is 2. The van der Waals surface area contributed by atoms with Crippen molar-refractivity contribution in [3.05, 3.63) is 0 Å². The molecule has 6 nitrogen and oxygen atoms in total. The van der Waals surface area contributed by atoms with Gasteiger partial charge in [-0.05, 0) is 38.2 Å². The normalized spacial score (nSPS) is 21.1. The molecule has 20 heavy (non-hydrogen) atoms. The van der Waals surface area contributed by atoms with Gasteiger partial charge in [0.1, 0.15) is 6.04 Å². The molecule has 0 aromatic carbocycles. The predicted octanol–water partition coefficient (Wildman–Crippen LogP) is 0.0307. The van der Waals surface area contributed by atoms with Crippen LogP contribution in [-0.4, -0.2) is 67.3 Å². The number of carbonyl (C=O) groups excluding carboxylic acids is 1. The van der Waals surface area contributed by atoms with Gasteiger partial charge in [0, 0.05) is 6.54 Å². The van der Waals surface area contributed by atoms with Gasteiger partial charge in [0.25, 0.3) is 0 Å². The minimum absolute atomic E-state index is 0.0422. The first-order valence-electron chi connectivity index (χ1n) is 6.85. The summed E-state index contributed by atoms with van der Waals surface area (Å²) >= 11 is 1.58. The van der Waals surface area contributed by atoms with Crippen molar-refractivity contribution < 1.29 is 18.3 Å². The van der Waals surface area contributed by atoms with Gasteiger partial charge in [-0.2, -0.15) is 11.8 Å². The Morgan fingerprint density at radius 2 is 2.25 bits per heavy atom. The van der Waals surface area contributed by atoms with Gasteiger partial charge in [-0.25, -0.2) is 13.1 Å². The molecular formula is C12H24N2O4S2. The molecule has 2 unspecified atom stereocenters. The van der Waals surface area contributed by atoms with E-state index in [4.69, 9.17) is 0 Å². The summed E-state index contributed by atoms with van der Waals surface area (Å²) in [4.78, 5) is 14.1. The number of nitrogens with one attached hydrogen (secondary N) is 1. The molecule has 1 aliphatic heterocycles. The van der Waals surface area contributed by atoms with Gasteiger partial charge in [-0.15, -0.1) is 0 Å². The first kappa shape index (κ1) is 17.7. The number of nitrogens with zero attached hydrogens (tertiary/aromatic N) is 1. The molecule has 118 valence electrons. The van der Waals surface area contributed by atoms with E-state index in [9.17, 15) is 18.3 Å². The van der Waals surface area contributed by atoms with Gasteiger partial charge >= 0.3 is 0 Å². The number of likely N-dealkylation sites (tertiary alicyclic amines) is 1. The van der Waals surface area contributed by atoms with Crippen LogP contribution in [0.2, 0.25) is 0 Å². The SMILES string of the molecule is CCS(=O)(=O)NC(CCSC)C(=O)N1CCCC1CO. The Morgan fingerprint density at radius 3 is 2.80 bits per heavy atom. The van der Waals surface area contributed by atoms with Crippen LogP contribution >= 0.6 is 11.8 Å². The Labute approximate surface area is 125 Å². The fraction of sp³-hybridized carbons (Fsp3) is 0.917. The molecule has 2 N–H and O–H groups in total. The number of amides is 1. The van der Waals surface area contributed by atoms with Crippen molar-refractivity contribution in [2.45, 2.75) is 38.3 Å². The fourth-order valence-electron chi connectivity index (χ4n) is 2.28. The van der Waals surface area contributed by atoms with Crippen molar-refractivity contribution in [1.29, 1.82) is 0 Å². The minimum atomic E-state index is -3.42. The summed E-state index contributed by atoms with van der Waals surface area (Å²) in [7, 11) is -3.42. The minimum Gasteiger partial charge on any atom is -0.394 e. The standard InChI is InChI=1S/C12H24N2O4S2/c1-3-20(17,18)13-11(6-8-19-2)12(16)14-7-4-5-10(14)9-15/h10-11,13,15H,3-9H2,1-2H3. The molecule has 0 aliphatic carbocycles. The van der Waals surface area contributed by atoms with E-state index in [0.717, 1.165) is 12.8 Å². The number of aliphatic hydroxyl groups is 1. The molecule has 1 saturated heterocycles. The van der Waals surface area contributed by atoms with Crippen LogP contribution in [-0.2, 0) is 14.8 Å².